The van der Waals surface area contributed by atoms with Crippen LogP contribution in [0, 0.1) is 5.41 Å². The van der Waals surface area contributed by atoms with Gasteiger partial charge in [0, 0.05) is 12.5 Å². The van der Waals surface area contributed by atoms with Crippen LogP contribution in [0.25, 0.3) is 0 Å². The van der Waals surface area contributed by atoms with Crippen molar-refractivity contribution >= 4 is 19.3 Å². The normalized spacial score (nSPS) is 13.2. The van der Waals surface area contributed by atoms with Gasteiger partial charge in [0.05, 0.1) is 0 Å². The smallest absolute Gasteiger partial charge is 0.303 e. The zero-order valence-electron chi connectivity index (χ0n) is 12.4. The highest BCUT2D eigenvalue weighted by Gasteiger charge is 2.28. The number of nitrogens with one attached hydrogen (secondary N) is 1. The SMILES string of the molecule is Bc1ccc(CC(NC)C(C)(C)CCC(=O)O)cc1. The minimum absolute atomic E-state index is 0.0436. The van der Waals surface area contributed by atoms with Crippen molar-refractivity contribution < 1.29 is 9.90 Å². The second-order valence-electron chi connectivity index (χ2n) is 5.91. The molecular formula is C15H24BNO2. The fourth-order valence-electron chi connectivity index (χ4n) is 2.33. The Labute approximate surface area is 116 Å². The summed E-state index contributed by atoms with van der Waals surface area (Å²) in [5.41, 5.74) is 2.50. The number of rotatable bonds is 7. The van der Waals surface area contributed by atoms with E-state index >= 15 is 0 Å². The largest absolute Gasteiger partial charge is 0.481 e. The van der Waals surface area contributed by atoms with Crippen molar-refractivity contribution in [2.45, 2.75) is 39.2 Å². The highest BCUT2D eigenvalue weighted by atomic mass is 16.4. The second-order valence-corrected chi connectivity index (χ2v) is 5.91. The molecule has 0 aromatic heterocycles. The van der Waals surface area contributed by atoms with Gasteiger partial charge >= 0.3 is 5.97 Å². The van der Waals surface area contributed by atoms with Crippen molar-refractivity contribution in [1.82, 2.24) is 5.32 Å². The van der Waals surface area contributed by atoms with Gasteiger partial charge in [0.15, 0.2) is 0 Å². The number of aliphatic carboxylic acids is 1. The molecule has 3 nitrogen and oxygen atoms in total. The number of carbonyl (C=O) groups is 1. The number of likely N-dealkylation sites (N-methyl/N-ethyl adjacent to an activating group) is 1. The molecule has 2 N–H and O–H groups in total. The van der Waals surface area contributed by atoms with Crippen molar-refractivity contribution in [2.24, 2.45) is 5.41 Å². The minimum atomic E-state index is -0.724. The lowest BCUT2D eigenvalue weighted by Crippen LogP contribution is -2.42. The Balaban J connectivity index is 2.70. The molecule has 0 bridgehead atoms. The summed E-state index contributed by atoms with van der Waals surface area (Å²) in [5, 5.41) is 12.2. The highest BCUT2D eigenvalue weighted by molar-refractivity contribution is 6.32. The van der Waals surface area contributed by atoms with E-state index < -0.39 is 5.97 Å². The van der Waals surface area contributed by atoms with E-state index in [9.17, 15) is 4.79 Å². The Morgan fingerprint density at radius 2 is 1.95 bits per heavy atom. The van der Waals surface area contributed by atoms with Crippen LogP contribution >= 0.6 is 0 Å². The van der Waals surface area contributed by atoms with Gasteiger partial charge in [-0.3, -0.25) is 4.79 Å². The van der Waals surface area contributed by atoms with Crippen molar-refractivity contribution in [3.63, 3.8) is 0 Å². The molecule has 0 saturated carbocycles. The molecule has 0 radical (unpaired) electrons. The lowest BCUT2D eigenvalue weighted by Gasteiger charge is -2.34. The first-order valence-electron chi connectivity index (χ1n) is 6.80. The third-order valence-electron chi connectivity index (χ3n) is 3.84. The van der Waals surface area contributed by atoms with E-state index in [0.717, 1.165) is 6.42 Å². The predicted octanol–water partition coefficient (Wildman–Crippen LogP) is 0.966. The Morgan fingerprint density at radius 3 is 2.42 bits per heavy atom. The first kappa shape index (κ1) is 15.8. The zero-order chi connectivity index (χ0) is 14.5. The monoisotopic (exact) mass is 261 g/mol. The summed E-state index contributed by atoms with van der Waals surface area (Å²) in [6, 6.07) is 8.80. The molecule has 19 heavy (non-hydrogen) atoms. The van der Waals surface area contributed by atoms with Crippen LogP contribution in [0.4, 0.5) is 0 Å². The first-order valence-corrected chi connectivity index (χ1v) is 6.80. The van der Waals surface area contributed by atoms with Crippen LogP contribution < -0.4 is 10.8 Å². The highest BCUT2D eigenvalue weighted by Crippen LogP contribution is 2.29. The Hall–Kier alpha value is -1.29. The summed E-state index contributed by atoms with van der Waals surface area (Å²) >= 11 is 0. The van der Waals surface area contributed by atoms with E-state index in [0.29, 0.717) is 6.42 Å². The van der Waals surface area contributed by atoms with Crippen molar-refractivity contribution in [3.05, 3.63) is 29.8 Å². The summed E-state index contributed by atoms with van der Waals surface area (Å²) in [6.07, 6.45) is 1.82. The number of carboxylic acids is 1. The maximum absolute atomic E-state index is 10.7. The van der Waals surface area contributed by atoms with Crippen LogP contribution in [0.2, 0.25) is 0 Å². The molecule has 104 valence electrons. The average molecular weight is 261 g/mol. The molecule has 1 atom stereocenters. The standard InChI is InChI=1S/C15H24BNO2/c1-15(2,9-8-14(18)19)13(17-3)10-11-4-6-12(16)7-5-11/h4-7,13,17H,8-10,16H2,1-3H3,(H,18,19). The molecule has 0 amide bonds. The molecule has 1 aromatic rings. The van der Waals surface area contributed by atoms with Gasteiger partial charge in [-0.25, -0.2) is 0 Å². The summed E-state index contributed by atoms with van der Waals surface area (Å²) in [7, 11) is 4.03. The maximum atomic E-state index is 10.7. The molecule has 0 aliphatic carbocycles. The van der Waals surface area contributed by atoms with Crippen LogP contribution in [-0.2, 0) is 11.2 Å². The number of carboxylic acid groups (broad SMARTS) is 1. The van der Waals surface area contributed by atoms with Gasteiger partial charge in [-0.1, -0.05) is 43.6 Å². The molecule has 0 spiro atoms. The summed E-state index contributed by atoms with van der Waals surface area (Å²) in [6.45, 7) is 4.26. The quantitative estimate of drug-likeness (QED) is 0.719. The number of hydrogen-bond donors (Lipinski definition) is 2. The van der Waals surface area contributed by atoms with E-state index in [1.807, 2.05) is 7.05 Å². The lowest BCUT2D eigenvalue weighted by atomic mass is 9.77. The van der Waals surface area contributed by atoms with Crippen LogP contribution in [0.15, 0.2) is 24.3 Å². The Kier molecular flexibility index (Phi) is 5.61. The fraction of sp³-hybridized carbons (Fsp3) is 0.533. The molecule has 1 unspecified atom stereocenters. The number of hydrogen-bond acceptors (Lipinski definition) is 2. The molecule has 0 fully saturated rings. The summed E-state index contributed by atoms with van der Waals surface area (Å²) in [5.74, 6) is -0.724. The fourth-order valence-corrected chi connectivity index (χ4v) is 2.33. The molecule has 0 saturated heterocycles. The molecule has 0 heterocycles. The Morgan fingerprint density at radius 1 is 1.37 bits per heavy atom. The number of benzene rings is 1. The minimum Gasteiger partial charge on any atom is -0.481 e. The van der Waals surface area contributed by atoms with Crippen molar-refractivity contribution in [1.29, 1.82) is 0 Å². The van der Waals surface area contributed by atoms with Crippen molar-refractivity contribution in [3.8, 4) is 0 Å². The predicted molar refractivity (Wildman–Crippen MR) is 81.8 cm³/mol. The van der Waals surface area contributed by atoms with Gasteiger partial charge in [-0.05, 0) is 30.9 Å². The van der Waals surface area contributed by atoms with Crippen LogP contribution in [-0.4, -0.2) is 32.0 Å². The van der Waals surface area contributed by atoms with Gasteiger partial charge in [-0.15, -0.1) is 0 Å². The topological polar surface area (TPSA) is 49.3 Å². The third kappa shape index (κ3) is 5.07. The van der Waals surface area contributed by atoms with Crippen molar-refractivity contribution in [2.75, 3.05) is 7.05 Å². The zero-order valence-corrected chi connectivity index (χ0v) is 12.4. The van der Waals surface area contributed by atoms with Gasteiger partial charge in [0.25, 0.3) is 0 Å². The van der Waals surface area contributed by atoms with Gasteiger partial charge in [-0.2, -0.15) is 0 Å². The third-order valence-corrected chi connectivity index (χ3v) is 3.84. The van der Waals surface area contributed by atoms with Gasteiger partial charge in [0.1, 0.15) is 7.85 Å². The summed E-state index contributed by atoms with van der Waals surface area (Å²) < 4.78 is 0. The molecule has 1 rings (SSSR count). The van der Waals surface area contributed by atoms with E-state index in [2.05, 4.69) is 51.3 Å². The molecule has 0 aliphatic heterocycles. The van der Waals surface area contributed by atoms with E-state index in [-0.39, 0.29) is 17.9 Å². The molecule has 0 aliphatic rings. The average Bonchev–Trinajstić information content (AvgIpc) is 2.35. The van der Waals surface area contributed by atoms with Gasteiger partial charge < -0.3 is 10.4 Å². The maximum Gasteiger partial charge on any atom is 0.303 e. The van der Waals surface area contributed by atoms with Crippen LogP contribution in [0.3, 0.4) is 0 Å². The molecular weight excluding hydrogens is 237 g/mol. The lowest BCUT2D eigenvalue weighted by molar-refractivity contribution is -0.137. The second kappa shape index (κ2) is 6.76. The van der Waals surface area contributed by atoms with E-state index in [4.69, 9.17) is 5.11 Å². The van der Waals surface area contributed by atoms with E-state index in [1.54, 1.807) is 0 Å². The Bertz CT molecular complexity index is 415. The van der Waals surface area contributed by atoms with Crippen LogP contribution in [0.5, 0.6) is 0 Å². The first-order chi connectivity index (χ1) is 8.85. The van der Waals surface area contributed by atoms with E-state index in [1.165, 1.54) is 11.0 Å². The van der Waals surface area contributed by atoms with Crippen LogP contribution in [0.1, 0.15) is 32.3 Å². The molecule has 4 heteroatoms. The van der Waals surface area contributed by atoms with Gasteiger partial charge in [0.2, 0.25) is 0 Å². The summed E-state index contributed by atoms with van der Waals surface area (Å²) in [4.78, 5) is 10.7. The molecule has 1 aromatic carbocycles.